The van der Waals surface area contributed by atoms with Crippen LogP contribution in [0.1, 0.15) is 12.6 Å². The van der Waals surface area contributed by atoms with E-state index < -0.39 is 0 Å². The molecule has 0 radical (unpaired) electrons. The largest absolute Gasteiger partial charge is 0.353 e. The van der Waals surface area contributed by atoms with Crippen LogP contribution >= 0.6 is 0 Å². The second-order valence-corrected chi connectivity index (χ2v) is 6.60. The van der Waals surface area contributed by atoms with Gasteiger partial charge in [-0.25, -0.2) is 19.9 Å². The molecule has 4 aromatic rings. The number of rotatable bonds is 3. The predicted molar refractivity (Wildman–Crippen MR) is 101 cm³/mol. The van der Waals surface area contributed by atoms with E-state index >= 15 is 0 Å². The summed E-state index contributed by atoms with van der Waals surface area (Å²) in [7, 11) is 0. The summed E-state index contributed by atoms with van der Waals surface area (Å²) in [5.74, 6) is 2.57. The minimum atomic E-state index is 0.634. The molecule has 138 valence electrons. The Kier molecular flexibility index (Phi) is 3.62. The van der Waals surface area contributed by atoms with Gasteiger partial charge in [0.25, 0.3) is 5.78 Å². The van der Waals surface area contributed by atoms with Gasteiger partial charge in [0.2, 0.25) is 0 Å². The van der Waals surface area contributed by atoms with Crippen LogP contribution in [0.3, 0.4) is 0 Å². The minimum Gasteiger partial charge on any atom is -0.353 e. The fourth-order valence-electron chi connectivity index (χ4n) is 3.61. The Morgan fingerprint density at radius 1 is 0.963 bits per heavy atom. The van der Waals surface area contributed by atoms with E-state index in [1.165, 1.54) is 0 Å². The van der Waals surface area contributed by atoms with Crippen molar-refractivity contribution in [2.45, 2.75) is 20.4 Å². The Balaban J connectivity index is 1.42. The average molecular weight is 364 g/mol. The first-order valence-corrected chi connectivity index (χ1v) is 9.07. The van der Waals surface area contributed by atoms with Gasteiger partial charge in [-0.2, -0.15) is 14.6 Å². The molecule has 0 amide bonds. The number of fused-ring (bicyclic) bond motifs is 2. The van der Waals surface area contributed by atoms with Crippen molar-refractivity contribution in [3.63, 3.8) is 0 Å². The molecule has 4 aromatic heterocycles. The van der Waals surface area contributed by atoms with Crippen LogP contribution in [0.25, 0.3) is 16.9 Å². The lowest BCUT2D eigenvalue weighted by Crippen LogP contribution is -2.47. The normalized spacial score (nSPS) is 15.2. The number of aryl methyl sites for hydroxylation is 2. The van der Waals surface area contributed by atoms with E-state index in [1.54, 1.807) is 17.2 Å². The van der Waals surface area contributed by atoms with Crippen LogP contribution in [0, 0.1) is 6.92 Å². The first-order chi connectivity index (χ1) is 13.2. The van der Waals surface area contributed by atoms with Crippen molar-refractivity contribution in [1.82, 2.24) is 39.1 Å². The van der Waals surface area contributed by atoms with E-state index in [9.17, 15) is 0 Å². The molecular weight excluding hydrogens is 344 g/mol. The fourth-order valence-corrected chi connectivity index (χ4v) is 3.61. The number of nitrogens with zero attached hydrogens (tertiary/aromatic N) is 10. The molecule has 0 atom stereocenters. The van der Waals surface area contributed by atoms with E-state index in [1.807, 2.05) is 17.8 Å². The smallest absolute Gasteiger partial charge is 0.254 e. The Morgan fingerprint density at radius 3 is 2.59 bits per heavy atom. The maximum absolute atomic E-state index is 4.54. The molecule has 0 spiro atoms. The number of hydrogen-bond acceptors (Lipinski definition) is 8. The summed E-state index contributed by atoms with van der Waals surface area (Å²) in [5.41, 5.74) is 2.70. The van der Waals surface area contributed by atoms with Gasteiger partial charge in [-0.3, -0.25) is 0 Å². The van der Waals surface area contributed by atoms with E-state index in [0.29, 0.717) is 5.78 Å². The number of anilines is 2. The zero-order valence-corrected chi connectivity index (χ0v) is 15.3. The third-order valence-electron chi connectivity index (χ3n) is 4.99. The third kappa shape index (κ3) is 2.56. The maximum Gasteiger partial charge on any atom is 0.254 e. The number of hydrogen-bond donors (Lipinski definition) is 0. The van der Waals surface area contributed by atoms with Gasteiger partial charge in [0, 0.05) is 44.5 Å². The van der Waals surface area contributed by atoms with Crippen LogP contribution < -0.4 is 9.80 Å². The van der Waals surface area contributed by atoms with Gasteiger partial charge in [-0.1, -0.05) is 0 Å². The molecule has 1 aliphatic rings. The maximum atomic E-state index is 4.54. The molecule has 1 aliphatic heterocycles. The van der Waals surface area contributed by atoms with Crippen molar-refractivity contribution in [3.8, 4) is 0 Å². The Labute approximate surface area is 155 Å². The Bertz CT molecular complexity index is 1110. The van der Waals surface area contributed by atoms with Crippen LogP contribution in [0.4, 0.5) is 11.6 Å². The predicted octanol–water partition coefficient (Wildman–Crippen LogP) is 0.919. The van der Waals surface area contributed by atoms with Crippen molar-refractivity contribution in [3.05, 3.63) is 30.7 Å². The van der Waals surface area contributed by atoms with Gasteiger partial charge in [-0.05, 0) is 13.8 Å². The molecule has 5 heterocycles. The van der Waals surface area contributed by atoms with E-state index in [2.05, 4.69) is 52.8 Å². The summed E-state index contributed by atoms with van der Waals surface area (Å²) < 4.78 is 3.84. The van der Waals surface area contributed by atoms with Gasteiger partial charge >= 0.3 is 0 Å². The highest BCUT2D eigenvalue weighted by molar-refractivity contribution is 5.83. The summed E-state index contributed by atoms with van der Waals surface area (Å²) in [6.45, 7) is 8.33. The van der Waals surface area contributed by atoms with Crippen molar-refractivity contribution in [1.29, 1.82) is 0 Å². The van der Waals surface area contributed by atoms with E-state index in [0.717, 1.165) is 61.2 Å². The fraction of sp³-hybridized carbons (Fsp3) is 0.412. The molecule has 10 nitrogen and oxygen atoms in total. The average Bonchev–Trinajstić information content (AvgIpc) is 3.33. The lowest BCUT2D eigenvalue weighted by atomic mass is 10.3. The van der Waals surface area contributed by atoms with Gasteiger partial charge < -0.3 is 14.4 Å². The van der Waals surface area contributed by atoms with Crippen molar-refractivity contribution < 1.29 is 0 Å². The topological polar surface area (TPSA) is 93.2 Å². The molecule has 0 saturated carbocycles. The summed E-state index contributed by atoms with van der Waals surface area (Å²) in [5, 5.41) is 4.32. The van der Waals surface area contributed by atoms with Crippen LogP contribution in [0.5, 0.6) is 0 Å². The van der Waals surface area contributed by atoms with Crippen LogP contribution in [-0.4, -0.2) is 65.3 Å². The number of piperazine rings is 1. The van der Waals surface area contributed by atoms with Crippen molar-refractivity contribution in [2.75, 3.05) is 36.0 Å². The minimum absolute atomic E-state index is 0.634. The van der Waals surface area contributed by atoms with Crippen LogP contribution in [0.15, 0.2) is 25.0 Å². The Morgan fingerprint density at radius 2 is 1.78 bits per heavy atom. The highest BCUT2D eigenvalue weighted by Gasteiger charge is 2.23. The SMILES string of the molecule is CCn1cnc2c(N3CCN(c4cc(C)nc5ncnn45)CC3)ncnc21. The molecule has 0 aliphatic carbocycles. The molecule has 0 N–H and O–H groups in total. The first-order valence-electron chi connectivity index (χ1n) is 9.07. The molecule has 1 saturated heterocycles. The van der Waals surface area contributed by atoms with Crippen molar-refractivity contribution >= 4 is 28.6 Å². The van der Waals surface area contributed by atoms with E-state index in [-0.39, 0.29) is 0 Å². The number of aromatic nitrogens is 8. The molecule has 0 unspecified atom stereocenters. The highest BCUT2D eigenvalue weighted by atomic mass is 15.4. The van der Waals surface area contributed by atoms with E-state index in [4.69, 9.17) is 0 Å². The summed E-state index contributed by atoms with van der Waals surface area (Å²) in [4.78, 5) is 26.7. The third-order valence-corrected chi connectivity index (χ3v) is 4.99. The van der Waals surface area contributed by atoms with Gasteiger partial charge in [0.15, 0.2) is 17.0 Å². The molecule has 0 bridgehead atoms. The lowest BCUT2D eigenvalue weighted by Gasteiger charge is -2.36. The molecule has 0 aromatic carbocycles. The zero-order chi connectivity index (χ0) is 18.4. The molecule has 10 heteroatoms. The number of imidazole rings is 1. The monoisotopic (exact) mass is 364 g/mol. The molecule has 27 heavy (non-hydrogen) atoms. The molecule has 1 fully saturated rings. The molecule has 5 rings (SSSR count). The van der Waals surface area contributed by atoms with Crippen LogP contribution in [0.2, 0.25) is 0 Å². The van der Waals surface area contributed by atoms with Gasteiger partial charge in [-0.15, -0.1) is 0 Å². The summed E-state index contributed by atoms with van der Waals surface area (Å²) in [6.07, 6.45) is 5.01. The summed E-state index contributed by atoms with van der Waals surface area (Å²) in [6, 6.07) is 2.06. The second kappa shape index (κ2) is 6.15. The second-order valence-electron chi connectivity index (χ2n) is 6.60. The highest BCUT2D eigenvalue weighted by Crippen LogP contribution is 2.24. The van der Waals surface area contributed by atoms with Crippen LogP contribution in [-0.2, 0) is 6.54 Å². The first kappa shape index (κ1) is 15.9. The van der Waals surface area contributed by atoms with Gasteiger partial charge in [0.1, 0.15) is 18.5 Å². The standard InChI is InChI=1S/C17H20N10/c1-3-24-11-21-14-15(24)18-9-19-16(14)26-6-4-25(5-7-26)13-8-12(2)23-17-20-10-22-27(13)17/h8-11H,3-7H2,1-2H3. The summed E-state index contributed by atoms with van der Waals surface area (Å²) >= 11 is 0. The quantitative estimate of drug-likeness (QED) is 0.530. The van der Waals surface area contributed by atoms with Gasteiger partial charge in [0.05, 0.1) is 6.33 Å². The Hall–Kier alpha value is -3.30. The zero-order valence-electron chi connectivity index (χ0n) is 15.3. The lowest BCUT2D eigenvalue weighted by molar-refractivity contribution is 0.634. The molecular formula is C17H20N10. The van der Waals surface area contributed by atoms with Crippen molar-refractivity contribution in [2.24, 2.45) is 0 Å².